The van der Waals surface area contributed by atoms with Crippen molar-refractivity contribution < 1.29 is 52.2 Å². The molecule has 3 unspecified atom stereocenters. The molecule has 0 amide bonds. The summed E-state index contributed by atoms with van der Waals surface area (Å²) in [6.07, 6.45) is 56.7. The van der Waals surface area contributed by atoms with E-state index in [1.54, 1.807) is 0 Å². The van der Waals surface area contributed by atoms with Gasteiger partial charge in [0.25, 0.3) is 0 Å². The molecule has 2 N–H and O–H groups in total. The van der Waals surface area contributed by atoms with E-state index >= 15 is 0 Å². The van der Waals surface area contributed by atoms with Crippen LogP contribution in [0, 0.1) is 0 Å². The molecule has 72 heavy (non-hydrogen) atoms. The molecule has 0 saturated carbocycles. The Kier molecular flexibility index (Phi) is 53.2. The van der Waals surface area contributed by atoms with Gasteiger partial charge in [0.1, 0.15) is 12.7 Å². The summed E-state index contributed by atoms with van der Waals surface area (Å²) >= 11 is 0. The second kappa shape index (κ2) is 54.9. The number of aliphatic hydroxyl groups is 1. The summed E-state index contributed by atoms with van der Waals surface area (Å²) in [4.78, 5) is 48.5. The van der Waals surface area contributed by atoms with E-state index in [0.29, 0.717) is 19.3 Å². The van der Waals surface area contributed by atoms with Crippen LogP contribution in [0.1, 0.15) is 290 Å². The van der Waals surface area contributed by atoms with E-state index in [0.717, 1.165) is 89.9 Å². The highest BCUT2D eigenvalue weighted by Crippen LogP contribution is 2.43. The molecule has 0 aromatic heterocycles. The Morgan fingerprint density at radius 2 is 0.681 bits per heavy atom. The van der Waals surface area contributed by atoms with Crippen LogP contribution in [0.15, 0.2) is 36.5 Å². The number of hydrogen-bond donors (Lipinski definition) is 2. The number of rotatable bonds is 56. The number of phosphoric ester groups is 1. The van der Waals surface area contributed by atoms with Gasteiger partial charge in [0.05, 0.1) is 19.8 Å². The van der Waals surface area contributed by atoms with Crippen LogP contribution in [0.25, 0.3) is 0 Å². The number of phosphoric acid groups is 1. The highest BCUT2D eigenvalue weighted by Gasteiger charge is 2.28. The highest BCUT2D eigenvalue weighted by atomic mass is 31.2. The van der Waals surface area contributed by atoms with E-state index in [4.69, 9.17) is 23.3 Å². The Bertz CT molecular complexity index is 1350. The van der Waals surface area contributed by atoms with Gasteiger partial charge in [-0.2, -0.15) is 0 Å². The van der Waals surface area contributed by atoms with Crippen LogP contribution in [0.5, 0.6) is 0 Å². The van der Waals surface area contributed by atoms with Gasteiger partial charge >= 0.3 is 25.7 Å². The van der Waals surface area contributed by atoms with Crippen LogP contribution in [0.2, 0.25) is 0 Å². The highest BCUT2D eigenvalue weighted by molar-refractivity contribution is 7.47. The molecule has 12 heteroatoms. The molecule has 0 fully saturated rings. The van der Waals surface area contributed by atoms with Crippen LogP contribution >= 0.6 is 7.82 Å². The summed E-state index contributed by atoms with van der Waals surface area (Å²) < 4.78 is 39.5. The molecular formula is C60H111O11P. The normalized spacial score (nSPS) is 13.6. The molecule has 0 rings (SSSR count). The predicted molar refractivity (Wildman–Crippen MR) is 298 cm³/mol. The van der Waals surface area contributed by atoms with Gasteiger partial charge in [-0.15, -0.1) is 0 Å². The number of aliphatic hydroxyl groups excluding tert-OH is 1. The summed E-state index contributed by atoms with van der Waals surface area (Å²) in [5, 5.41) is 9.81. The molecule has 0 aliphatic heterocycles. The third-order valence-electron chi connectivity index (χ3n) is 13.0. The average Bonchev–Trinajstić information content (AvgIpc) is 3.37. The Labute approximate surface area is 441 Å². The van der Waals surface area contributed by atoms with E-state index in [1.165, 1.54) is 141 Å². The first-order chi connectivity index (χ1) is 35.2. The number of carbonyl (C=O) groups is 3. The van der Waals surface area contributed by atoms with Gasteiger partial charge < -0.3 is 24.2 Å². The first kappa shape index (κ1) is 69.7. The van der Waals surface area contributed by atoms with E-state index in [1.807, 2.05) is 0 Å². The lowest BCUT2D eigenvalue weighted by Gasteiger charge is -2.21. The lowest BCUT2D eigenvalue weighted by atomic mass is 10.0. The number of allylic oxidation sites excluding steroid dienone is 6. The van der Waals surface area contributed by atoms with Crippen molar-refractivity contribution in [1.82, 2.24) is 0 Å². The monoisotopic (exact) mass is 1040 g/mol. The largest absolute Gasteiger partial charge is 0.472 e. The van der Waals surface area contributed by atoms with Crippen molar-refractivity contribution in [1.29, 1.82) is 0 Å². The number of ether oxygens (including phenoxy) is 3. The second-order valence-corrected chi connectivity index (χ2v) is 21.6. The summed E-state index contributed by atoms with van der Waals surface area (Å²) in [6.45, 7) is 4.63. The Hall–Kier alpha value is -2.30. The smallest absolute Gasteiger partial charge is 0.462 e. The predicted octanol–water partition coefficient (Wildman–Crippen LogP) is 17.6. The topological polar surface area (TPSA) is 155 Å². The molecule has 0 heterocycles. The van der Waals surface area contributed by atoms with Gasteiger partial charge in [-0.1, -0.05) is 231 Å². The van der Waals surface area contributed by atoms with Crippen LogP contribution in [0.3, 0.4) is 0 Å². The van der Waals surface area contributed by atoms with Crippen LogP contribution in [-0.2, 0) is 42.2 Å². The summed E-state index contributed by atoms with van der Waals surface area (Å²) in [5.41, 5.74) is 0. The third kappa shape index (κ3) is 52.6. The molecule has 0 spiro atoms. The lowest BCUT2D eigenvalue weighted by molar-refractivity contribution is -0.161. The Morgan fingerprint density at radius 1 is 0.389 bits per heavy atom. The van der Waals surface area contributed by atoms with E-state index in [9.17, 15) is 28.9 Å². The standard InChI is InChI=1S/C60H111O11P/c1-4-7-10-13-16-19-22-25-26-27-28-29-30-33-34-37-40-43-46-49-58(62)67-53-57(71-60(64)51-48-45-42-39-36-32-24-21-18-15-12-9-6-3)55-69-72(65,66)68-54-56(52-61)70-59(63)50-47-44-41-38-35-31-23-20-17-14-11-8-5-2/h16,19,21,24-26,56-57,61H,4-15,17-18,20,22-23,27-55H2,1-3H3,(H,65,66)/b19-16-,24-21-,26-25-. The Morgan fingerprint density at radius 3 is 1.08 bits per heavy atom. The van der Waals surface area contributed by atoms with E-state index in [-0.39, 0.29) is 25.9 Å². The van der Waals surface area contributed by atoms with Crippen molar-refractivity contribution in [2.75, 3.05) is 26.4 Å². The molecular weight excluding hydrogens is 928 g/mol. The van der Waals surface area contributed by atoms with Gasteiger partial charge in [-0.25, -0.2) is 4.57 Å². The SMILES string of the molecule is CCCCC/C=C\C/C=C\CCCCCCCCCCCC(=O)OCC(COP(=O)(O)OCC(CO)OC(=O)CCCCCCCCCCCCCCC)OC(=O)CCCCCCC/C=C\CCCCCC. The van der Waals surface area contributed by atoms with Crippen molar-refractivity contribution in [2.45, 2.75) is 303 Å². The zero-order valence-electron chi connectivity index (χ0n) is 46.7. The molecule has 0 aromatic rings. The van der Waals surface area contributed by atoms with Crippen molar-refractivity contribution in [3.63, 3.8) is 0 Å². The molecule has 0 saturated heterocycles. The van der Waals surface area contributed by atoms with E-state index in [2.05, 4.69) is 57.2 Å². The molecule has 0 aromatic carbocycles. The minimum Gasteiger partial charge on any atom is -0.462 e. The van der Waals surface area contributed by atoms with Crippen molar-refractivity contribution in [3.8, 4) is 0 Å². The van der Waals surface area contributed by atoms with Gasteiger partial charge in [0.15, 0.2) is 6.10 Å². The zero-order valence-corrected chi connectivity index (χ0v) is 47.6. The van der Waals surface area contributed by atoms with Gasteiger partial charge in [-0.3, -0.25) is 23.4 Å². The first-order valence-electron chi connectivity index (χ1n) is 29.9. The van der Waals surface area contributed by atoms with Crippen LogP contribution in [0.4, 0.5) is 0 Å². The van der Waals surface area contributed by atoms with Crippen molar-refractivity contribution >= 4 is 25.7 Å². The Balaban J connectivity index is 4.67. The molecule has 0 aliphatic carbocycles. The minimum atomic E-state index is -4.74. The third-order valence-corrected chi connectivity index (χ3v) is 14.0. The number of esters is 3. The minimum absolute atomic E-state index is 0.160. The number of hydrogen-bond acceptors (Lipinski definition) is 10. The van der Waals surface area contributed by atoms with Gasteiger partial charge in [0.2, 0.25) is 0 Å². The molecule has 0 aliphatic rings. The van der Waals surface area contributed by atoms with Crippen LogP contribution in [-0.4, -0.2) is 66.5 Å². The fourth-order valence-corrected chi connectivity index (χ4v) is 9.23. The van der Waals surface area contributed by atoms with Crippen molar-refractivity contribution in [2.24, 2.45) is 0 Å². The lowest BCUT2D eigenvalue weighted by Crippen LogP contribution is -2.30. The van der Waals surface area contributed by atoms with E-state index < -0.39 is 57.8 Å². The maximum absolute atomic E-state index is 12.9. The average molecular weight is 1040 g/mol. The summed E-state index contributed by atoms with van der Waals surface area (Å²) in [6, 6.07) is 0. The van der Waals surface area contributed by atoms with Gasteiger partial charge in [0, 0.05) is 19.3 Å². The zero-order chi connectivity index (χ0) is 52.7. The molecule has 3 atom stereocenters. The first-order valence-corrected chi connectivity index (χ1v) is 31.4. The number of carbonyl (C=O) groups excluding carboxylic acids is 3. The van der Waals surface area contributed by atoms with Crippen molar-refractivity contribution in [3.05, 3.63) is 36.5 Å². The van der Waals surface area contributed by atoms with Gasteiger partial charge in [-0.05, 0) is 77.0 Å². The van der Waals surface area contributed by atoms with Crippen LogP contribution < -0.4 is 0 Å². The molecule has 11 nitrogen and oxygen atoms in total. The quantitative estimate of drug-likeness (QED) is 0.0197. The maximum Gasteiger partial charge on any atom is 0.472 e. The fraction of sp³-hybridized carbons (Fsp3) is 0.850. The second-order valence-electron chi connectivity index (χ2n) is 20.2. The fourth-order valence-electron chi connectivity index (χ4n) is 8.44. The summed E-state index contributed by atoms with van der Waals surface area (Å²) in [7, 11) is -4.74. The molecule has 0 radical (unpaired) electrons. The summed E-state index contributed by atoms with van der Waals surface area (Å²) in [5.74, 6) is -1.46. The maximum atomic E-state index is 12.9. The molecule has 0 bridgehead atoms. The molecule has 422 valence electrons. The number of unbranched alkanes of at least 4 members (excludes halogenated alkanes) is 33.